The summed E-state index contributed by atoms with van der Waals surface area (Å²) >= 11 is 6.08. The SMILES string of the molecule is CC(Nc1cc(=O)n(CCO)c2c(Nc3ccnc(Cl)c3C#N)cccc12)c1ncccn1. The third kappa shape index (κ3) is 4.48. The highest BCUT2D eigenvalue weighted by Gasteiger charge is 2.17. The molecule has 0 radical (unpaired) electrons. The van der Waals surface area contributed by atoms with E-state index in [0.29, 0.717) is 28.4 Å². The number of aromatic nitrogens is 4. The molecule has 0 aliphatic heterocycles. The number of nitrogens with one attached hydrogen (secondary N) is 2. The van der Waals surface area contributed by atoms with Crippen LogP contribution in [-0.4, -0.2) is 31.2 Å². The zero-order valence-electron chi connectivity index (χ0n) is 17.7. The lowest BCUT2D eigenvalue weighted by molar-refractivity contribution is 0.276. The van der Waals surface area contributed by atoms with Gasteiger partial charge in [0.2, 0.25) is 0 Å². The van der Waals surface area contributed by atoms with E-state index >= 15 is 0 Å². The minimum Gasteiger partial charge on any atom is -0.395 e. The molecule has 0 aliphatic carbocycles. The van der Waals surface area contributed by atoms with Crippen molar-refractivity contribution >= 4 is 39.6 Å². The molecule has 9 nitrogen and oxygen atoms in total. The quantitative estimate of drug-likeness (QED) is 0.356. The lowest BCUT2D eigenvalue weighted by atomic mass is 10.1. The number of benzene rings is 1. The van der Waals surface area contributed by atoms with Gasteiger partial charge in [-0.05, 0) is 25.1 Å². The van der Waals surface area contributed by atoms with Gasteiger partial charge in [0.1, 0.15) is 22.6 Å². The van der Waals surface area contributed by atoms with Crippen LogP contribution in [0.5, 0.6) is 0 Å². The van der Waals surface area contributed by atoms with Gasteiger partial charge in [-0.2, -0.15) is 5.26 Å². The number of para-hydroxylation sites is 1. The fourth-order valence-electron chi connectivity index (χ4n) is 3.61. The van der Waals surface area contributed by atoms with Crippen molar-refractivity contribution in [2.75, 3.05) is 17.2 Å². The molecule has 0 spiro atoms. The molecule has 0 fully saturated rings. The molecule has 166 valence electrons. The highest BCUT2D eigenvalue weighted by molar-refractivity contribution is 6.31. The van der Waals surface area contributed by atoms with E-state index in [1.165, 1.54) is 16.8 Å². The summed E-state index contributed by atoms with van der Waals surface area (Å²) in [4.78, 5) is 25.5. The van der Waals surface area contributed by atoms with Crippen molar-refractivity contribution in [3.05, 3.63) is 81.9 Å². The molecule has 0 saturated carbocycles. The Balaban J connectivity index is 1.87. The Bertz CT molecular complexity index is 1400. The second kappa shape index (κ2) is 9.65. The van der Waals surface area contributed by atoms with Crippen LogP contribution in [0.3, 0.4) is 0 Å². The first kappa shape index (κ1) is 22.2. The van der Waals surface area contributed by atoms with E-state index in [9.17, 15) is 15.2 Å². The van der Waals surface area contributed by atoms with Crippen molar-refractivity contribution in [1.29, 1.82) is 5.26 Å². The normalized spacial score (nSPS) is 11.7. The zero-order chi connectivity index (χ0) is 23.4. The molecule has 1 unspecified atom stereocenters. The maximum atomic E-state index is 13.0. The molecule has 3 N–H and O–H groups in total. The van der Waals surface area contributed by atoms with Crippen LogP contribution in [0.1, 0.15) is 24.4 Å². The van der Waals surface area contributed by atoms with Crippen molar-refractivity contribution in [1.82, 2.24) is 19.5 Å². The molecule has 4 rings (SSSR count). The molecule has 3 heterocycles. The van der Waals surface area contributed by atoms with Crippen LogP contribution in [0.15, 0.2) is 59.8 Å². The summed E-state index contributed by atoms with van der Waals surface area (Å²) in [5.41, 5.74) is 2.10. The Morgan fingerprint density at radius 2 is 1.91 bits per heavy atom. The number of halogens is 1. The van der Waals surface area contributed by atoms with Gasteiger partial charge in [0.25, 0.3) is 5.56 Å². The summed E-state index contributed by atoms with van der Waals surface area (Å²) in [7, 11) is 0. The number of rotatable bonds is 7. The predicted molar refractivity (Wildman–Crippen MR) is 127 cm³/mol. The van der Waals surface area contributed by atoms with Gasteiger partial charge in [0, 0.05) is 42.3 Å². The number of aliphatic hydroxyl groups excluding tert-OH is 1. The molecule has 33 heavy (non-hydrogen) atoms. The molecule has 10 heteroatoms. The van der Waals surface area contributed by atoms with Crippen molar-refractivity contribution in [3.8, 4) is 6.07 Å². The smallest absolute Gasteiger partial charge is 0.253 e. The Labute approximate surface area is 194 Å². The van der Waals surface area contributed by atoms with Crippen molar-refractivity contribution in [2.24, 2.45) is 0 Å². The third-order valence-electron chi connectivity index (χ3n) is 5.08. The van der Waals surface area contributed by atoms with E-state index in [1.807, 2.05) is 25.1 Å². The number of hydrogen-bond acceptors (Lipinski definition) is 8. The summed E-state index contributed by atoms with van der Waals surface area (Å²) in [6.45, 7) is 1.80. The lowest BCUT2D eigenvalue weighted by Gasteiger charge is -2.20. The number of anilines is 3. The molecule has 1 atom stereocenters. The molecule has 4 aromatic rings. The molecule has 0 saturated heterocycles. The summed E-state index contributed by atoms with van der Waals surface area (Å²) in [5.74, 6) is 0.588. The van der Waals surface area contributed by atoms with E-state index in [1.54, 1.807) is 30.6 Å². The number of nitriles is 1. The first-order valence-corrected chi connectivity index (χ1v) is 10.5. The van der Waals surface area contributed by atoms with Crippen LogP contribution in [0.25, 0.3) is 10.9 Å². The summed E-state index contributed by atoms with van der Waals surface area (Å²) in [5, 5.41) is 26.4. The Hall–Kier alpha value is -4.00. The van der Waals surface area contributed by atoms with Crippen LogP contribution in [-0.2, 0) is 6.54 Å². The van der Waals surface area contributed by atoms with E-state index in [2.05, 4.69) is 25.6 Å². The molecule has 1 aromatic carbocycles. The second-order valence-electron chi connectivity index (χ2n) is 7.21. The average molecular weight is 462 g/mol. The van der Waals surface area contributed by atoms with Crippen LogP contribution in [0.2, 0.25) is 5.15 Å². The van der Waals surface area contributed by atoms with E-state index in [0.717, 1.165) is 5.39 Å². The standard InChI is InChI=1S/C23H20ClN7O2/c1-14(23-27-7-3-8-28-23)29-19-12-20(33)31(10-11-32)21-15(19)4-2-5-18(21)30-17-6-9-26-22(24)16(17)13-25/h2-9,12,14,29,32H,10-11H2,1H3,(H,26,30). The lowest BCUT2D eigenvalue weighted by Crippen LogP contribution is -2.23. The maximum Gasteiger partial charge on any atom is 0.253 e. The molecule has 0 amide bonds. The maximum absolute atomic E-state index is 13.0. The number of nitrogens with zero attached hydrogens (tertiary/aromatic N) is 5. The van der Waals surface area contributed by atoms with Gasteiger partial charge >= 0.3 is 0 Å². The number of fused-ring (bicyclic) bond motifs is 1. The first-order chi connectivity index (χ1) is 16.0. The van der Waals surface area contributed by atoms with Crippen LogP contribution in [0.4, 0.5) is 17.1 Å². The minimum absolute atomic E-state index is 0.0783. The molecular formula is C23H20ClN7O2. The van der Waals surface area contributed by atoms with Gasteiger partial charge in [-0.3, -0.25) is 4.79 Å². The fourth-order valence-corrected chi connectivity index (χ4v) is 3.81. The largest absolute Gasteiger partial charge is 0.395 e. The Kier molecular flexibility index (Phi) is 6.49. The molecule has 3 aromatic heterocycles. The van der Waals surface area contributed by atoms with Crippen LogP contribution >= 0.6 is 11.6 Å². The van der Waals surface area contributed by atoms with E-state index in [4.69, 9.17) is 11.6 Å². The van der Waals surface area contributed by atoms with Gasteiger partial charge in [-0.1, -0.05) is 23.7 Å². The monoisotopic (exact) mass is 461 g/mol. The highest BCUT2D eigenvalue weighted by Crippen LogP contribution is 2.33. The van der Waals surface area contributed by atoms with Gasteiger partial charge in [-0.25, -0.2) is 15.0 Å². The van der Waals surface area contributed by atoms with Gasteiger partial charge in [0.15, 0.2) is 0 Å². The van der Waals surface area contributed by atoms with Crippen molar-refractivity contribution < 1.29 is 5.11 Å². The van der Waals surface area contributed by atoms with E-state index < -0.39 is 0 Å². The van der Waals surface area contributed by atoms with E-state index in [-0.39, 0.29) is 35.5 Å². The zero-order valence-corrected chi connectivity index (χ0v) is 18.4. The van der Waals surface area contributed by atoms with Crippen LogP contribution in [0, 0.1) is 11.3 Å². The van der Waals surface area contributed by atoms with Gasteiger partial charge in [-0.15, -0.1) is 0 Å². The topological polar surface area (TPSA) is 129 Å². The second-order valence-corrected chi connectivity index (χ2v) is 7.57. The summed E-state index contributed by atoms with van der Waals surface area (Å²) < 4.78 is 1.49. The van der Waals surface area contributed by atoms with Gasteiger partial charge in [0.05, 0.1) is 29.5 Å². The molecular weight excluding hydrogens is 442 g/mol. The first-order valence-electron chi connectivity index (χ1n) is 10.2. The van der Waals surface area contributed by atoms with Crippen LogP contribution < -0.4 is 16.2 Å². The van der Waals surface area contributed by atoms with Crippen molar-refractivity contribution in [3.63, 3.8) is 0 Å². The van der Waals surface area contributed by atoms with Gasteiger partial charge < -0.3 is 20.3 Å². The number of pyridine rings is 2. The Morgan fingerprint density at radius 1 is 1.12 bits per heavy atom. The highest BCUT2D eigenvalue weighted by atomic mass is 35.5. The predicted octanol–water partition coefficient (Wildman–Crippen LogP) is 3.62. The third-order valence-corrected chi connectivity index (χ3v) is 5.37. The molecule has 0 aliphatic rings. The minimum atomic E-state index is -0.289. The summed E-state index contributed by atoms with van der Waals surface area (Å²) in [6, 6.07) is 12.1. The van der Waals surface area contributed by atoms with Crippen molar-refractivity contribution in [2.45, 2.75) is 19.5 Å². The number of hydrogen-bond donors (Lipinski definition) is 3. The molecule has 0 bridgehead atoms. The Morgan fingerprint density at radius 3 is 2.64 bits per heavy atom. The number of aliphatic hydroxyl groups is 1. The average Bonchev–Trinajstić information content (AvgIpc) is 2.82. The fraction of sp³-hybridized carbons (Fsp3) is 0.174. The summed E-state index contributed by atoms with van der Waals surface area (Å²) in [6.07, 6.45) is 4.81.